The summed E-state index contributed by atoms with van der Waals surface area (Å²) in [4.78, 5) is 0. The fraction of sp³-hybridized carbons (Fsp3) is 0.200. The van der Waals surface area contributed by atoms with Gasteiger partial charge in [-0.2, -0.15) is 0 Å². The quantitative estimate of drug-likeness (QED) is 0.648. The lowest BCUT2D eigenvalue weighted by molar-refractivity contribution is 0.140. The van der Waals surface area contributed by atoms with Gasteiger partial charge >= 0.3 is 8.80 Å². The van der Waals surface area contributed by atoms with E-state index in [9.17, 15) is 0 Å². The van der Waals surface area contributed by atoms with Gasteiger partial charge in [0.2, 0.25) is 0 Å². The monoisotopic (exact) mass is 304 g/mol. The maximum atomic E-state index is 6.00. The van der Waals surface area contributed by atoms with Crippen LogP contribution in [0.25, 0.3) is 11.1 Å². The number of anilines is 2. The molecule has 0 atom stereocenters. The first-order chi connectivity index (χ1) is 10.1. The second kappa shape index (κ2) is 6.27. The average molecular weight is 304 g/mol. The van der Waals surface area contributed by atoms with Gasteiger partial charge in [0, 0.05) is 43.5 Å². The Morgan fingerprint density at radius 3 is 1.90 bits per heavy atom. The summed E-state index contributed by atoms with van der Waals surface area (Å²) in [7, 11) is 1.96. The molecule has 2 aromatic rings. The normalized spacial score (nSPS) is 11.6. The first-order valence-electron chi connectivity index (χ1n) is 6.47. The molecule has 0 saturated heterocycles. The Kier molecular flexibility index (Phi) is 4.64. The summed E-state index contributed by atoms with van der Waals surface area (Å²) >= 11 is 0. The predicted molar refractivity (Wildman–Crippen MR) is 87.1 cm³/mol. The maximum Gasteiger partial charge on any atom is 0.536 e. The number of nitrogen functional groups attached to an aromatic ring is 2. The van der Waals surface area contributed by atoms with Crippen molar-refractivity contribution in [2.24, 2.45) is 0 Å². The number of hydrogen-bond donors (Lipinski definition) is 2. The molecule has 5 nitrogen and oxygen atoms in total. The molecule has 0 spiro atoms. The largest absolute Gasteiger partial charge is 0.536 e. The van der Waals surface area contributed by atoms with Crippen LogP contribution in [-0.4, -0.2) is 30.1 Å². The molecule has 6 heteroatoms. The molecule has 0 radical (unpaired) electrons. The number of benzene rings is 2. The van der Waals surface area contributed by atoms with E-state index in [1.165, 1.54) is 0 Å². The first-order valence-corrected chi connectivity index (χ1v) is 8.20. The lowest BCUT2D eigenvalue weighted by Gasteiger charge is -2.24. The Morgan fingerprint density at radius 2 is 1.38 bits per heavy atom. The molecule has 0 bridgehead atoms. The van der Waals surface area contributed by atoms with Gasteiger partial charge in [0.1, 0.15) is 0 Å². The Bertz CT molecular complexity index is 605. The Hall–Kier alpha value is -1.86. The van der Waals surface area contributed by atoms with Gasteiger partial charge in [-0.1, -0.05) is 24.3 Å². The molecule has 0 aliphatic rings. The summed E-state index contributed by atoms with van der Waals surface area (Å²) in [5.41, 5.74) is 15.1. The zero-order chi connectivity index (χ0) is 15.5. The zero-order valence-electron chi connectivity index (χ0n) is 12.4. The maximum absolute atomic E-state index is 6.00. The van der Waals surface area contributed by atoms with Crippen LogP contribution in [0.15, 0.2) is 42.5 Å². The van der Waals surface area contributed by atoms with Crippen LogP contribution in [0.3, 0.4) is 0 Å². The SMILES string of the molecule is CO[Si](OC)(OC)c1ccc(-c2cc(N)ccc2N)cc1. The minimum absolute atomic E-state index is 0.678. The van der Waals surface area contributed by atoms with Crippen molar-refractivity contribution in [3.05, 3.63) is 42.5 Å². The van der Waals surface area contributed by atoms with Crippen molar-refractivity contribution in [1.29, 1.82) is 0 Å². The summed E-state index contributed by atoms with van der Waals surface area (Å²) in [6, 6.07) is 13.2. The Balaban J connectivity index is 2.41. The molecule has 0 fully saturated rings. The summed E-state index contributed by atoms with van der Waals surface area (Å²) in [6.45, 7) is 0. The molecule has 0 amide bonds. The summed E-state index contributed by atoms with van der Waals surface area (Å²) in [6.07, 6.45) is 0. The lowest BCUT2D eigenvalue weighted by Crippen LogP contribution is -2.54. The second-order valence-electron chi connectivity index (χ2n) is 4.59. The number of rotatable bonds is 5. The van der Waals surface area contributed by atoms with Crippen molar-refractivity contribution >= 4 is 25.4 Å². The molecule has 4 N–H and O–H groups in total. The van der Waals surface area contributed by atoms with Crippen LogP contribution in [0, 0.1) is 0 Å². The smallest absolute Gasteiger partial charge is 0.399 e. The molecule has 0 aromatic heterocycles. The fourth-order valence-corrected chi connectivity index (χ4v) is 4.06. The van der Waals surface area contributed by atoms with Gasteiger partial charge in [0.15, 0.2) is 0 Å². The van der Waals surface area contributed by atoms with Gasteiger partial charge in [-0.05, 0) is 23.8 Å². The number of hydrogen-bond acceptors (Lipinski definition) is 5. The van der Waals surface area contributed by atoms with E-state index in [0.29, 0.717) is 11.4 Å². The number of nitrogens with two attached hydrogens (primary N) is 2. The van der Waals surface area contributed by atoms with Crippen LogP contribution in [0.2, 0.25) is 0 Å². The molecule has 2 rings (SSSR count). The summed E-state index contributed by atoms with van der Waals surface area (Å²) < 4.78 is 16.4. The van der Waals surface area contributed by atoms with E-state index in [-0.39, 0.29) is 0 Å². The molecule has 112 valence electrons. The third kappa shape index (κ3) is 2.93. The predicted octanol–water partition coefficient (Wildman–Crippen LogP) is 1.60. The van der Waals surface area contributed by atoms with E-state index >= 15 is 0 Å². The van der Waals surface area contributed by atoms with Crippen molar-refractivity contribution in [2.45, 2.75) is 0 Å². The molecule has 21 heavy (non-hydrogen) atoms. The Labute approximate surface area is 125 Å². The zero-order valence-corrected chi connectivity index (χ0v) is 13.4. The van der Waals surface area contributed by atoms with E-state index in [1.807, 2.05) is 30.3 Å². The molecule has 0 saturated carbocycles. The molecule has 0 aliphatic carbocycles. The van der Waals surface area contributed by atoms with E-state index in [0.717, 1.165) is 16.3 Å². The van der Waals surface area contributed by atoms with Crippen molar-refractivity contribution < 1.29 is 13.3 Å². The van der Waals surface area contributed by atoms with Crippen LogP contribution >= 0.6 is 0 Å². The minimum Gasteiger partial charge on any atom is -0.399 e. The van der Waals surface area contributed by atoms with Gasteiger partial charge in [-0.15, -0.1) is 0 Å². The third-order valence-electron chi connectivity index (χ3n) is 3.43. The topological polar surface area (TPSA) is 79.7 Å². The van der Waals surface area contributed by atoms with Gasteiger partial charge in [0.25, 0.3) is 0 Å². The Morgan fingerprint density at radius 1 is 0.810 bits per heavy atom. The van der Waals surface area contributed by atoms with Gasteiger partial charge in [-0.3, -0.25) is 0 Å². The van der Waals surface area contributed by atoms with Gasteiger partial charge in [0.05, 0.1) is 0 Å². The highest BCUT2D eigenvalue weighted by atomic mass is 28.4. The van der Waals surface area contributed by atoms with Crippen molar-refractivity contribution in [3.63, 3.8) is 0 Å². The minimum atomic E-state index is -2.80. The summed E-state index contributed by atoms with van der Waals surface area (Å²) in [5.74, 6) is 0. The van der Waals surface area contributed by atoms with Crippen molar-refractivity contribution in [3.8, 4) is 11.1 Å². The summed E-state index contributed by atoms with van der Waals surface area (Å²) in [5, 5.41) is 0.890. The van der Waals surface area contributed by atoms with Crippen molar-refractivity contribution in [2.75, 3.05) is 32.8 Å². The average Bonchev–Trinajstić information content (AvgIpc) is 2.53. The van der Waals surface area contributed by atoms with Gasteiger partial charge < -0.3 is 24.7 Å². The molecule has 2 aromatic carbocycles. The van der Waals surface area contributed by atoms with Crippen molar-refractivity contribution in [1.82, 2.24) is 0 Å². The van der Waals surface area contributed by atoms with E-state index < -0.39 is 8.80 Å². The molecule has 0 heterocycles. The van der Waals surface area contributed by atoms with Gasteiger partial charge in [-0.25, -0.2) is 0 Å². The van der Waals surface area contributed by atoms with Crippen LogP contribution < -0.4 is 16.7 Å². The standard InChI is InChI=1S/C15H20N2O3Si/c1-18-21(19-2,20-3)13-7-4-11(5-8-13)14-10-12(16)6-9-15(14)17/h4-10H,16-17H2,1-3H3. The van der Waals surface area contributed by atoms with E-state index in [2.05, 4.69) is 0 Å². The molecular weight excluding hydrogens is 284 g/mol. The van der Waals surface area contributed by atoms with Crippen LogP contribution in [0.4, 0.5) is 11.4 Å². The second-order valence-corrected chi connectivity index (χ2v) is 7.51. The highest BCUT2D eigenvalue weighted by molar-refractivity contribution is 6.75. The highest BCUT2D eigenvalue weighted by Gasteiger charge is 2.40. The first kappa shape index (κ1) is 15.5. The highest BCUT2D eigenvalue weighted by Crippen LogP contribution is 2.27. The molecule has 0 aliphatic heterocycles. The van der Waals surface area contributed by atoms with Crippen LogP contribution in [0.5, 0.6) is 0 Å². The molecular formula is C15H20N2O3Si. The lowest BCUT2D eigenvalue weighted by atomic mass is 10.0. The van der Waals surface area contributed by atoms with Crippen LogP contribution in [-0.2, 0) is 13.3 Å². The van der Waals surface area contributed by atoms with E-state index in [4.69, 9.17) is 24.7 Å². The van der Waals surface area contributed by atoms with Crippen LogP contribution in [0.1, 0.15) is 0 Å². The fourth-order valence-electron chi connectivity index (χ4n) is 2.28. The van der Waals surface area contributed by atoms with E-state index in [1.54, 1.807) is 33.5 Å². The third-order valence-corrected chi connectivity index (χ3v) is 6.09. The molecule has 0 unspecified atom stereocenters.